The first-order valence-corrected chi connectivity index (χ1v) is 9.66. The van der Waals surface area contributed by atoms with E-state index in [9.17, 15) is 12.8 Å². The third kappa shape index (κ3) is 4.64. The fourth-order valence-corrected chi connectivity index (χ4v) is 3.96. The largest absolute Gasteiger partial charge is 0.379 e. The Hall–Kier alpha value is -1.80. The van der Waals surface area contributed by atoms with E-state index in [2.05, 4.69) is 9.62 Å². The van der Waals surface area contributed by atoms with Crippen molar-refractivity contribution < 1.29 is 17.5 Å². The van der Waals surface area contributed by atoms with Crippen LogP contribution in [0.25, 0.3) is 0 Å². The Bertz CT molecular complexity index is 776. The van der Waals surface area contributed by atoms with Crippen LogP contribution in [0.2, 0.25) is 0 Å². The van der Waals surface area contributed by atoms with Gasteiger partial charge in [-0.05, 0) is 29.8 Å². The number of hydrogen-bond donors (Lipinski definition) is 1. The first kappa shape index (κ1) is 18.0. The lowest BCUT2D eigenvalue weighted by Gasteiger charge is -2.34. The summed E-state index contributed by atoms with van der Waals surface area (Å²) in [6, 6.07) is 14.3. The normalized spacial score (nSPS) is 17.3. The minimum Gasteiger partial charge on any atom is -0.379 e. The Kier molecular flexibility index (Phi) is 5.80. The van der Waals surface area contributed by atoms with Crippen molar-refractivity contribution in [2.75, 3.05) is 32.8 Å². The topological polar surface area (TPSA) is 58.6 Å². The van der Waals surface area contributed by atoms with Crippen molar-refractivity contribution in [2.24, 2.45) is 0 Å². The Labute approximate surface area is 147 Å². The Morgan fingerprint density at radius 1 is 1.04 bits per heavy atom. The van der Waals surface area contributed by atoms with Crippen LogP contribution in [0.15, 0.2) is 59.5 Å². The molecule has 7 heteroatoms. The molecule has 0 amide bonds. The van der Waals surface area contributed by atoms with Crippen molar-refractivity contribution in [1.29, 1.82) is 0 Å². The third-order valence-corrected chi connectivity index (χ3v) is 5.70. The molecule has 1 aliphatic rings. The van der Waals surface area contributed by atoms with Crippen LogP contribution in [0.3, 0.4) is 0 Å². The zero-order valence-corrected chi connectivity index (χ0v) is 14.6. The highest BCUT2D eigenvalue weighted by molar-refractivity contribution is 7.89. The van der Waals surface area contributed by atoms with Crippen molar-refractivity contribution >= 4 is 10.0 Å². The van der Waals surface area contributed by atoms with Crippen molar-refractivity contribution in [2.45, 2.75) is 10.9 Å². The number of nitrogens with zero attached hydrogens (tertiary/aromatic N) is 1. The summed E-state index contributed by atoms with van der Waals surface area (Å²) in [4.78, 5) is 2.39. The Morgan fingerprint density at radius 3 is 2.32 bits per heavy atom. The number of halogens is 1. The van der Waals surface area contributed by atoms with E-state index in [-0.39, 0.29) is 23.3 Å². The second-order valence-electron chi connectivity index (χ2n) is 5.88. The minimum absolute atomic E-state index is 0.178. The van der Waals surface area contributed by atoms with Crippen molar-refractivity contribution in [3.05, 3.63) is 66.0 Å². The first-order valence-electron chi connectivity index (χ1n) is 8.18. The summed E-state index contributed by atoms with van der Waals surface area (Å²) in [6.07, 6.45) is 0. The van der Waals surface area contributed by atoms with Gasteiger partial charge in [-0.2, -0.15) is 0 Å². The van der Waals surface area contributed by atoms with Gasteiger partial charge in [0.2, 0.25) is 10.0 Å². The standard InChI is InChI=1S/C18H21FN2O3S/c19-16-8-6-15(7-9-16)18(21-10-12-24-13-11-21)14-20-25(22,23)17-4-2-1-3-5-17/h1-9,18,20H,10-14H2/t18-/m1/s1. The number of nitrogens with one attached hydrogen (secondary N) is 1. The number of morpholine rings is 1. The highest BCUT2D eigenvalue weighted by Gasteiger charge is 2.25. The predicted molar refractivity (Wildman–Crippen MR) is 93.2 cm³/mol. The fourth-order valence-electron chi connectivity index (χ4n) is 2.90. The lowest BCUT2D eigenvalue weighted by Crippen LogP contribution is -2.43. The van der Waals surface area contributed by atoms with Crippen LogP contribution < -0.4 is 4.72 Å². The zero-order valence-electron chi connectivity index (χ0n) is 13.8. The zero-order chi connectivity index (χ0) is 17.7. The fraction of sp³-hybridized carbons (Fsp3) is 0.333. The van der Waals surface area contributed by atoms with Crippen molar-refractivity contribution in [3.63, 3.8) is 0 Å². The van der Waals surface area contributed by atoms with E-state index in [4.69, 9.17) is 4.74 Å². The quantitative estimate of drug-likeness (QED) is 0.854. The van der Waals surface area contributed by atoms with E-state index in [1.807, 2.05) is 0 Å². The highest BCUT2D eigenvalue weighted by Crippen LogP contribution is 2.22. The summed E-state index contributed by atoms with van der Waals surface area (Å²) in [6.45, 7) is 2.82. The van der Waals surface area contributed by atoms with E-state index in [0.717, 1.165) is 5.56 Å². The summed E-state index contributed by atoms with van der Waals surface area (Å²) in [5.74, 6) is -0.311. The smallest absolute Gasteiger partial charge is 0.240 e. The Balaban J connectivity index is 1.79. The maximum absolute atomic E-state index is 13.2. The number of ether oxygens (including phenoxy) is 1. The molecule has 1 fully saturated rings. The van der Waals surface area contributed by atoms with Crippen LogP contribution in [0, 0.1) is 5.82 Å². The van der Waals surface area contributed by atoms with Gasteiger partial charge in [0.05, 0.1) is 18.1 Å². The molecule has 1 N–H and O–H groups in total. The van der Waals surface area contributed by atoms with Gasteiger partial charge in [-0.25, -0.2) is 17.5 Å². The van der Waals surface area contributed by atoms with E-state index < -0.39 is 10.0 Å². The lowest BCUT2D eigenvalue weighted by molar-refractivity contribution is 0.0172. The van der Waals surface area contributed by atoms with Crippen LogP contribution in [-0.2, 0) is 14.8 Å². The third-order valence-electron chi connectivity index (χ3n) is 4.26. The minimum atomic E-state index is -3.59. The summed E-state index contributed by atoms with van der Waals surface area (Å²) in [5.41, 5.74) is 0.874. The molecular formula is C18H21FN2O3S. The number of rotatable bonds is 6. The van der Waals surface area contributed by atoms with Gasteiger partial charge < -0.3 is 4.74 Å². The van der Waals surface area contributed by atoms with Gasteiger partial charge >= 0.3 is 0 Å². The molecule has 0 unspecified atom stereocenters. The monoisotopic (exact) mass is 364 g/mol. The van der Waals surface area contributed by atoms with Crippen LogP contribution in [0.1, 0.15) is 11.6 Å². The van der Waals surface area contributed by atoms with Crippen LogP contribution in [0.5, 0.6) is 0 Å². The average molecular weight is 364 g/mol. The maximum Gasteiger partial charge on any atom is 0.240 e. The molecule has 134 valence electrons. The number of hydrogen-bond acceptors (Lipinski definition) is 4. The SMILES string of the molecule is O=S(=O)(NC[C@H](c1ccc(F)cc1)N1CCOCC1)c1ccccc1. The van der Waals surface area contributed by atoms with Crippen LogP contribution in [0.4, 0.5) is 4.39 Å². The van der Waals surface area contributed by atoms with E-state index >= 15 is 0 Å². The summed E-state index contributed by atoms with van der Waals surface area (Å²) in [7, 11) is -3.59. The molecule has 0 spiro atoms. The highest BCUT2D eigenvalue weighted by atomic mass is 32.2. The molecule has 0 bridgehead atoms. The second kappa shape index (κ2) is 8.05. The molecule has 3 rings (SSSR count). The number of benzene rings is 2. The predicted octanol–water partition coefficient (Wildman–Crippen LogP) is 2.18. The van der Waals surface area contributed by atoms with E-state index in [1.54, 1.807) is 42.5 Å². The molecule has 0 saturated carbocycles. The first-order chi connectivity index (χ1) is 12.1. The molecule has 1 atom stereocenters. The van der Waals surface area contributed by atoms with Gasteiger partial charge in [0.15, 0.2) is 0 Å². The van der Waals surface area contributed by atoms with Crippen LogP contribution >= 0.6 is 0 Å². The van der Waals surface area contributed by atoms with Gasteiger partial charge in [0, 0.05) is 25.7 Å². The maximum atomic E-state index is 13.2. The molecule has 2 aromatic rings. The van der Waals surface area contributed by atoms with Crippen molar-refractivity contribution in [3.8, 4) is 0 Å². The van der Waals surface area contributed by atoms with Gasteiger partial charge in [0.1, 0.15) is 5.82 Å². The molecule has 1 aliphatic heterocycles. The van der Waals surface area contributed by atoms with Crippen LogP contribution in [-0.4, -0.2) is 46.2 Å². The molecular weight excluding hydrogens is 343 g/mol. The Morgan fingerprint density at radius 2 is 1.68 bits per heavy atom. The summed E-state index contributed by atoms with van der Waals surface area (Å²) >= 11 is 0. The molecule has 0 radical (unpaired) electrons. The number of sulfonamides is 1. The van der Waals surface area contributed by atoms with Gasteiger partial charge in [-0.1, -0.05) is 30.3 Å². The van der Waals surface area contributed by atoms with E-state index in [0.29, 0.717) is 26.3 Å². The second-order valence-corrected chi connectivity index (χ2v) is 7.65. The lowest BCUT2D eigenvalue weighted by atomic mass is 10.0. The van der Waals surface area contributed by atoms with Gasteiger partial charge in [-0.15, -0.1) is 0 Å². The molecule has 1 saturated heterocycles. The summed E-state index contributed by atoms with van der Waals surface area (Å²) < 4.78 is 46.3. The molecule has 2 aromatic carbocycles. The molecule has 0 aromatic heterocycles. The van der Waals surface area contributed by atoms with E-state index in [1.165, 1.54) is 12.1 Å². The molecule has 1 heterocycles. The van der Waals surface area contributed by atoms with Gasteiger partial charge in [0.25, 0.3) is 0 Å². The molecule has 0 aliphatic carbocycles. The average Bonchev–Trinajstić information content (AvgIpc) is 2.65. The molecule has 5 nitrogen and oxygen atoms in total. The summed E-state index contributed by atoms with van der Waals surface area (Å²) in [5, 5.41) is 0. The van der Waals surface area contributed by atoms with Gasteiger partial charge in [-0.3, -0.25) is 4.90 Å². The van der Waals surface area contributed by atoms with Crippen molar-refractivity contribution in [1.82, 2.24) is 9.62 Å². The molecule has 25 heavy (non-hydrogen) atoms.